The summed E-state index contributed by atoms with van der Waals surface area (Å²) in [6, 6.07) is 0. The Morgan fingerprint density at radius 1 is 1.50 bits per heavy atom. The fourth-order valence-electron chi connectivity index (χ4n) is 1.20. The maximum atomic E-state index is 11.7. The molecule has 0 N–H and O–H groups in total. The Hall–Kier alpha value is -0.700. The summed E-state index contributed by atoms with van der Waals surface area (Å²) < 4.78 is 0. The number of aromatic nitrogens is 1. The first kappa shape index (κ1) is 11.4. The van der Waals surface area contributed by atoms with Crippen LogP contribution in [0.5, 0.6) is 0 Å². The molecule has 0 bridgehead atoms. The van der Waals surface area contributed by atoms with E-state index in [9.17, 15) is 4.79 Å². The first-order valence-electron chi connectivity index (χ1n) is 4.94. The number of ketones is 1. The highest BCUT2D eigenvalue weighted by Crippen LogP contribution is 2.15. The number of hydrogen-bond donors (Lipinski definition) is 0. The van der Waals surface area contributed by atoms with Gasteiger partial charge in [0, 0.05) is 17.7 Å². The SMILES string of the molecule is Cc1nc(CC(=O)C(C)C(C)C)cs1. The van der Waals surface area contributed by atoms with E-state index in [-0.39, 0.29) is 5.92 Å². The first-order valence-corrected chi connectivity index (χ1v) is 5.82. The van der Waals surface area contributed by atoms with Crippen molar-refractivity contribution in [1.82, 2.24) is 4.98 Å². The zero-order valence-electron chi connectivity index (χ0n) is 9.20. The molecule has 1 aromatic heterocycles. The fourth-order valence-corrected chi connectivity index (χ4v) is 1.81. The monoisotopic (exact) mass is 211 g/mol. The molecule has 1 atom stereocenters. The van der Waals surface area contributed by atoms with Gasteiger partial charge in [-0.3, -0.25) is 4.79 Å². The molecule has 0 saturated carbocycles. The smallest absolute Gasteiger partial charge is 0.141 e. The van der Waals surface area contributed by atoms with Gasteiger partial charge in [0.15, 0.2) is 0 Å². The van der Waals surface area contributed by atoms with Gasteiger partial charge in [0.2, 0.25) is 0 Å². The second-order valence-corrected chi connectivity index (χ2v) is 5.10. The van der Waals surface area contributed by atoms with E-state index in [0.717, 1.165) is 10.7 Å². The predicted molar refractivity (Wildman–Crippen MR) is 59.6 cm³/mol. The van der Waals surface area contributed by atoms with E-state index in [4.69, 9.17) is 0 Å². The van der Waals surface area contributed by atoms with Gasteiger partial charge in [0.05, 0.1) is 10.7 Å². The van der Waals surface area contributed by atoms with Gasteiger partial charge in [0.1, 0.15) is 5.78 Å². The summed E-state index contributed by atoms with van der Waals surface area (Å²) in [6.07, 6.45) is 0.490. The van der Waals surface area contributed by atoms with Crippen molar-refractivity contribution in [2.24, 2.45) is 11.8 Å². The minimum absolute atomic E-state index is 0.136. The van der Waals surface area contributed by atoms with E-state index in [0.29, 0.717) is 18.1 Å². The van der Waals surface area contributed by atoms with E-state index < -0.39 is 0 Å². The number of carbonyl (C=O) groups excluding carboxylic acids is 1. The van der Waals surface area contributed by atoms with Gasteiger partial charge in [-0.2, -0.15) is 0 Å². The van der Waals surface area contributed by atoms with Crippen molar-refractivity contribution >= 4 is 17.1 Å². The van der Waals surface area contributed by atoms with E-state index in [2.05, 4.69) is 18.8 Å². The third kappa shape index (κ3) is 2.91. The average Bonchev–Trinajstić information content (AvgIpc) is 2.49. The molecule has 0 aromatic carbocycles. The van der Waals surface area contributed by atoms with Crippen LogP contribution < -0.4 is 0 Å². The zero-order chi connectivity index (χ0) is 10.7. The normalized spacial score (nSPS) is 13.2. The molecule has 1 unspecified atom stereocenters. The summed E-state index contributed by atoms with van der Waals surface area (Å²) in [4.78, 5) is 16.0. The number of aryl methyl sites for hydroxylation is 1. The highest BCUT2D eigenvalue weighted by atomic mass is 32.1. The van der Waals surface area contributed by atoms with Gasteiger partial charge in [0.25, 0.3) is 0 Å². The highest BCUT2D eigenvalue weighted by Gasteiger charge is 2.17. The molecular formula is C11H17NOS. The molecule has 3 heteroatoms. The van der Waals surface area contributed by atoms with Crippen molar-refractivity contribution in [3.05, 3.63) is 16.1 Å². The predicted octanol–water partition coefficient (Wildman–Crippen LogP) is 2.86. The standard InChI is InChI=1S/C11H17NOS/c1-7(2)8(3)11(13)5-10-6-14-9(4)12-10/h6-8H,5H2,1-4H3. The van der Waals surface area contributed by atoms with Crippen LogP contribution in [0.4, 0.5) is 0 Å². The molecule has 1 aromatic rings. The average molecular weight is 211 g/mol. The quantitative estimate of drug-likeness (QED) is 0.766. The van der Waals surface area contributed by atoms with E-state index in [1.165, 1.54) is 0 Å². The van der Waals surface area contributed by atoms with Gasteiger partial charge >= 0.3 is 0 Å². The maximum absolute atomic E-state index is 11.7. The number of carbonyl (C=O) groups is 1. The number of thiazole rings is 1. The van der Waals surface area contributed by atoms with Gasteiger partial charge < -0.3 is 0 Å². The molecule has 0 aliphatic rings. The van der Waals surface area contributed by atoms with Gasteiger partial charge in [-0.25, -0.2) is 4.98 Å². The van der Waals surface area contributed by atoms with Crippen LogP contribution in [0, 0.1) is 18.8 Å². The Labute approximate surface area is 89.4 Å². The Morgan fingerprint density at radius 3 is 2.57 bits per heavy atom. The van der Waals surface area contributed by atoms with Crippen LogP contribution in [-0.4, -0.2) is 10.8 Å². The van der Waals surface area contributed by atoms with Gasteiger partial charge in [-0.15, -0.1) is 11.3 Å². The molecule has 78 valence electrons. The Morgan fingerprint density at radius 2 is 2.14 bits per heavy atom. The number of rotatable bonds is 4. The molecule has 0 aliphatic heterocycles. The van der Waals surface area contributed by atoms with Crippen LogP contribution in [0.15, 0.2) is 5.38 Å². The Kier molecular flexibility index (Phi) is 3.81. The molecule has 1 rings (SSSR count). The molecule has 0 fully saturated rings. The van der Waals surface area contributed by atoms with E-state index in [1.807, 2.05) is 19.2 Å². The minimum atomic E-state index is 0.136. The van der Waals surface area contributed by atoms with Crippen molar-refractivity contribution in [2.75, 3.05) is 0 Å². The summed E-state index contributed by atoms with van der Waals surface area (Å²) in [6.45, 7) is 8.11. The lowest BCUT2D eigenvalue weighted by Crippen LogP contribution is -2.18. The van der Waals surface area contributed by atoms with Crippen LogP contribution in [0.25, 0.3) is 0 Å². The molecule has 14 heavy (non-hydrogen) atoms. The lowest BCUT2D eigenvalue weighted by Gasteiger charge is -2.12. The van der Waals surface area contributed by atoms with Crippen LogP contribution in [0.2, 0.25) is 0 Å². The minimum Gasteiger partial charge on any atom is -0.299 e. The molecule has 2 nitrogen and oxygen atoms in total. The lowest BCUT2D eigenvalue weighted by atomic mass is 9.91. The second-order valence-electron chi connectivity index (χ2n) is 4.03. The maximum Gasteiger partial charge on any atom is 0.141 e. The van der Waals surface area contributed by atoms with Crippen molar-refractivity contribution in [3.8, 4) is 0 Å². The fraction of sp³-hybridized carbons (Fsp3) is 0.636. The highest BCUT2D eigenvalue weighted by molar-refractivity contribution is 7.09. The van der Waals surface area contributed by atoms with E-state index in [1.54, 1.807) is 11.3 Å². The molecule has 0 saturated heterocycles. The molecule has 1 heterocycles. The topological polar surface area (TPSA) is 30.0 Å². The van der Waals surface area contributed by atoms with Crippen LogP contribution >= 0.6 is 11.3 Å². The second kappa shape index (κ2) is 4.69. The van der Waals surface area contributed by atoms with Crippen molar-refractivity contribution in [1.29, 1.82) is 0 Å². The molecular weight excluding hydrogens is 194 g/mol. The van der Waals surface area contributed by atoms with Crippen molar-refractivity contribution < 1.29 is 4.79 Å². The molecule has 0 amide bonds. The van der Waals surface area contributed by atoms with Gasteiger partial charge in [-0.05, 0) is 12.8 Å². The Balaban J connectivity index is 2.57. The van der Waals surface area contributed by atoms with Crippen LogP contribution in [0.1, 0.15) is 31.5 Å². The van der Waals surface area contributed by atoms with Crippen molar-refractivity contribution in [3.63, 3.8) is 0 Å². The third-order valence-corrected chi connectivity index (χ3v) is 3.35. The van der Waals surface area contributed by atoms with Crippen LogP contribution in [-0.2, 0) is 11.2 Å². The summed E-state index contributed by atoms with van der Waals surface area (Å²) in [5.74, 6) is 0.851. The zero-order valence-corrected chi connectivity index (χ0v) is 10.0. The Bertz CT molecular complexity index is 317. The third-order valence-electron chi connectivity index (χ3n) is 2.53. The molecule has 0 radical (unpaired) electrons. The summed E-state index contributed by atoms with van der Waals surface area (Å²) in [5, 5.41) is 3.00. The first-order chi connectivity index (χ1) is 6.50. The molecule has 0 spiro atoms. The van der Waals surface area contributed by atoms with E-state index >= 15 is 0 Å². The number of nitrogens with zero attached hydrogens (tertiary/aromatic N) is 1. The van der Waals surface area contributed by atoms with Crippen LogP contribution in [0.3, 0.4) is 0 Å². The van der Waals surface area contributed by atoms with Gasteiger partial charge in [-0.1, -0.05) is 20.8 Å². The lowest BCUT2D eigenvalue weighted by molar-refractivity contribution is -0.122. The summed E-state index contributed by atoms with van der Waals surface area (Å²) in [7, 11) is 0. The van der Waals surface area contributed by atoms with Crippen molar-refractivity contribution in [2.45, 2.75) is 34.1 Å². The largest absolute Gasteiger partial charge is 0.299 e. The summed E-state index contributed by atoms with van der Waals surface area (Å²) >= 11 is 1.60. The molecule has 0 aliphatic carbocycles. The number of hydrogen-bond acceptors (Lipinski definition) is 3. The number of Topliss-reactive ketones (excluding diaryl/α,β-unsaturated/α-hetero) is 1. The summed E-state index contributed by atoms with van der Waals surface area (Å²) in [5.41, 5.74) is 0.921.